The zero-order valence-corrected chi connectivity index (χ0v) is 10.0. The predicted molar refractivity (Wildman–Crippen MR) is 67.1 cm³/mol. The van der Waals surface area contributed by atoms with Gasteiger partial charge in [-0.15, -0.1) is 0 Å². The fourth-order valence-corrected chi connectivity index (χ4v) is 1.69. The molecule has 1 aliphatic carbocycles. The van der Waals surface area contributed by atoms with E-state index in [4.69, 9.17) is 10.5 Å². The van der Waals surface area contributed by atoms with E-state index in [0.717, 1.165) is 12.3 Å². The molecule has 0 heterocycles. The number of carbonyl (C=O) groups excluding carboxylic acids is 1. The summed E-state index contributed by atoms with van der Waals surface area (Å²) < 4.78 is 5.62. The van der Waals surface area contributed by atoms with Crippen LogP contribution in [0.3, 0.4) is 0 Å². The Morgan fingerprint density at radius 1 is 1.53 bits per heavy atom. The van der Waals surface area contributed by atoms with Crippen molar-refractivity contribution in [1.29, 1.82) is 0 Å². The number of ether oxygens (including phenoxy) is 1. The monoisotopic (exact) mass is 234 g/mol. The lowest BCUT2D eigenvalue weighted by molar-refractivity contribution is 0.0962. The van der Waals surface area contributed by atoms with Crippen LogP contribution in [0.4, 0.5) is 5.69 Å². The molecule has 1 aromatic carbocycles. The first-order valence-electron chi connectivity index (χ1n) is 5.95. The first-order chi connectivity index (χ1) is 8.20. The van der Waals surface area contributed by atoms with E-state index in [0.29, 0.717) is 23.6 Å². The van der Waals surface area contributed by atoms with E-state index in [1.165, 1.54) is 12.8 Å². The highest BCUT2D eigenvalue weighted by Gasteiger charge is 2.20. The highest BCUT2D eigenvalue weighted by Crippen LogP contribution is 2.32. The Morgan fingerprint density at radius 3 is 2.94 bits per heavy atom. The smallest absolute Gasteiger partial charge is 0.251 e. The van der Waals surface area contributed by atoms with Gasteiger partial charge in [0.1, 0.15) is 5.75 Å². The second kappa shape index (κ2) is 5.08. The standard InChI is InChI=1S/C13H18N2O2/c1-15-13(16)10-4-5-11(14)12(8-10)17-7-6-9-2-3-9/h4-5,8-9H,2-3,6-7,14H2,1H3,(H,15,16). The molecule has 1 aromatic rings. The quantitative estimate of drug-likeness (QED) is 0.764. The number of nitrogens with two attached hydrogens (primary N) is 1. The van der Waals surface area contributed by atoms with Crippen LogP contribution in [0.15, 0.2) is 18.2 Å². The van der Waals surface area contributed by atoms with Crippen LogP contribution in [0.25, 0.3) is 0 Å². The molecule has 17 heavy (non-hydrogen) atoms. The number of carbonyl (C=O) groups is 1. The Balaban J connectivity index is 2.00. The average molecular weight is 234 g/mol. The van der Waals surface area contributed by atoms with Crippen LogP contribution in [0.2, 0.25) is 0 Å². The van der Waals surface area contributed by atoms with Gasteiger partial charge in [-0.3, -0.25) is 4.79 Å². The highest BCUT2D eigenvalue weighted by atomic mass is 16.5. The van der Waals surface area contributed by atoms with Crippen molar-refractivity contribution in [3.8, 4) is 5.75 Å². The Hall–Kier alpha value is -1.71. The number of benzene rings is 1. The minimum Gasteiger partial charge on any atom is -0.491 e. The lowest BCUT2D eigenvalue weighted by Gasteiger charge is -2.10. The van der Waals surface area contributed by atoms with Crippen LogP contribution in [0.5, 0.6) is 5.75 Å². The fourth-order valence-electron chi connectivity index (χ4n) is 1.69. The van der Waals surface area contributed by atoms with Gasteiger partial charge in [0, 0.05) is 12.6 Å². The molecule has 3 N–H and O–H groups in total. The molecular weight excluding hydrogens is 216 g/mol. The van der Waals surface area contributed by atoms with Crippen LogP contribution in [-0.4, -0.2) is 19.6 Å². The molecule has 1 fully saturated rings. The maximum Gasteiger partial charge on any atom is 0.251 e. The summed E-state index contributed by atoms with van der Waals surface area (Å²) in [5.41, 5.74) is 6.96. The van der Waals surface area contributed by atoms with Gasteiger partial charge >= 0.3 is 0 Å². The maximum absolute atomic E-state index is 11.5. The van der Waals surface area contributed by atoms with Gasteiger partial charge in [0.15, 0.2) is 0 Å². The van der Waals surface area contributed by atoms with Crippen molar-refractivity contribution in [3.05, 3.63) is 23.8 Å². The van der Waals surface area contributed by atoms with E-state index in [2.05, 4.69) is 5.32 Å². The summed E-state index contributed by atoms with van der Waals surface area (Å²) in [5.74, 6) is 1.31. The molecule has 0 saturated heterocycles. The first-order valence-corrected chi connectivity index (χ1v) is 5.95. The van der Waals surface area contributed by atoms with Crippen molar-refractivity contribution in [2.75, 3.05) is 19.4 Å². The summed E-state index contributed by atoms with van der Waals surface area (Å²) in [6.45, 7) is 0.673. The van der Waals surface area contributed by atoms with Crippen LogP contribution >= 0.6 is 0 Å². The second-order valence-electron chi connectivity index (χ2n) is 4.41. The highest BCUT2D eigenvalue weighted by molar-refractivity contribution is 5.95. The van der Waals surface area contributed by atoms with Crippen LogP contribution in [0.1, 0.15) is 29.6 Å². The van der Waals surface area contributed by atoms with Gasteiger partial charge in [-0.1, -0.05) is 12.8 Å². The van der Waals surface area contributed by atoms with Crippen molar-refractivity contribution in [2.24, 2.45) is 5.92 Å². The third-order valence-corrected chi connectivity index (χ3v) is 2.98. The molecule has 0 unspecified atom stereocenters. The third-order valence-electron chi connectivity index (χ3n) is 2.98. The van der Waals surface area contributed by atoms with Crippen molar-refractivity contribution in [3.63, 3.8) is 0 Å². The number of nitrogen functional groups attached to an aromatic ring is 1. The van der Waals surface area contributed by atoms with Gasteiger partial charge in [-0.05, 0) is 30.5 Å². The molecule has 0 bridgehead atoms. The van der Waals surface area contributed by atoms with E-state index >= 15 is 0 Å². The van der Waals surface area contributed by atoms with Crippen molar-refractivity contribution >= 4 is 11.6 Å². The summed E-state index contributed by atoms with van der Waals surface area (Å²) in [4.78, 5) is 11.5. The largest absolute Gasteiger partial charge is 0.491 e. The number of amides is 1. The molecule has 0 spiro atoms. The molecule has 1 amide bonds. The summed E-state index contributed by atoms with van der Waals surface area (Å²) in [7, 11) is 1.60. The Kier molecular flexibility index (Phi) is 3.52. The molecule has 0 radical (unpaired) electrons. The zero-order chi connectivity index (χ0) is 12.3. The van der Waals surface area contributed by atoms with Crippen molar-refractivity contribution in [2.45, 2.75) is 19.3 Å². The fraction of sp³-hybridized carbons (Fsp3) is 0.462. The van der Waals surface area contributed by atoms with E-state index in [1.807, 2.05) is 0 Å². The summed E-state index contributed by atoms with van der Waals surface area (Å²) in [5, 5.41) is 2.58. The molecule has 4 nitrogen and oxygen atoms in total. The molecule has 0 aliphatic heterocycles. The van der Waals surface area contributed by atoms with Crippen LogP contribution in [0, 0.1) is 5.92 Å². The van der Waals surface area contributed by atoms with Crippen molar-refractivity contribution in [1.82, 2.24) is 5.32 Å². The number of nitrogens with one attached hydrogen (secondary N) is 1. The minimum absolute atomic E-state index is 0.128. The summed E-state index contributed by atoms with van der Waals surface area (Å²) in [6, 6.07) is 5.10. The van der Waals surface area contributed by atoms with Gasteiger partial charge in [0.05, 0.1) is 12.3 Å². The second-order valence-corrected chi connectivity index (χ2v) is 4.41. The van der Waals surface area contributed by atoms with Crippen LogP contribution in [-0.2, 0) is 0 Å². The summed E-state index contributed by atoms with van der Waals surface area (Å²) in [6.07, 6.45) is 3.71. The van der Waals surface area contributed by atoms with Crippen molar-refractivity contribution < 1.29 is 9.53 Å². The van der Waals surface area contributed by atoms with Gasteiger partial charge in [-0.2, -0.15) is 0 Å². The number of hydrogen-bond donors (Lipinski definition) is 2. The van der Waals surface area contributed by atoms with Gasteiger partial charge in [0.2, 0.25) is 0 Å². The third kappa shape index (κ3) is 3.12. The van der Waals surface area contributed by atoms with E-state index in [-0.39, 0.29) is 5.91 Å². The topological polar surface area (TPSA) is 64.4 Å². The SMILES string of the molecule is CNC(=O)c1ccc(N)c(OCCC2CC2)c1. The van der Waals surface area contributed by atoms with Gasteiger partial charge in [-0.25, -0.2) is 0 Å². The molecular formula is C13H18N2O2. The number of hydrogen-bond acceptors (Lipinski definition) is 3. The molecule has 2 rings (SSSR count). The van der Waals surface area contributed by atoms with E-state index in [1.54, 1.807) is 25.2 Å². The molecule has 1 saturated carbocycles. The van der Waals surface area contributed by atoms with E-state index in [9.17, 15) is 4.79 Å². The Labute approximate surface area is 101 Å². The molecule has 4 heteroatoms. The first kappa shape index (κ1) is 11.8. The van der Waals surface area contributed by atoms with Gasteiger partial charge < -0.3 is 15.8 Å². The number of anilines is 1. The lowest BCUT2D eigenvalue weighted by atomic mass is 10.2. The Morgan fingerprint density at radius 2 is 2.29 bits per heavy atom. The molecule has 0 atom stereocenters. The van der Waals surface area contributed by atoms with Crippen LogP contribution < -0.4 is 15.8 Å². The van der Waals surface area contributed by atoms with E-state index < -0.39 is 0 Å². The van der Waals surface area contributed by atoms with Gasteiger partial charge in [0.25, 0.3) is 5.91 Å². The Bertz CT molecular complexity index is 414. The molecule has 0 aromatic heterocycles. The molecule has 92 valence electrons. The molecule has 1 aliphatic rings. The number of rotatable bonds is 5. The predicted octanol–water partition coefficient (Wildman–Crippen LogP) is 1.81. The lowest BCUT2D eigenvalue weighted by Crippen LogP contribution is -2.18. The maximum atomic E-state index is 11.5. The minimum atomic E-state index is -0.128. The summed E-state index contributed by atoms with van der Waals surface area (Å²) >= 11 is 0. The normalized spacial score (nSPS) is 14.4. The average Bonchev–Trinajstić information content (AvgIpc) is 3.14. The zero-order valence-electron chi connectivity index (χ0n) is 10.0.